The van der Waals surface area contributed by atoms with Gasteiger partial charge in [-0.3, -0.25) is 0 Å². The van der Waals surface area contributed by atoms with Crippen molar-refractivity contribution in [3.8, 4) is 0 Å². The minimum atomic E-state index is 0. The van der Waals surface area contributed by atoms with Gasteiger partial charge in [0.25, 0.3) is 0 Å². The largest absolute Gasteiger partial charge is 0.0610 e. The maximum Gasteiger partial charge on any atom is 0 e. The van der Waals surface area contributed by atoms with Crippen LogP contribution >= 0.6 is 0 Å². The maximum absolute atomic E-state index is 2.21. The van der Waals surface area contributed by atoms with Crippen LogP contribution in [0.15, 0.2) is 60.7 Å². The molecule has 0 amide bonds. The fraction of sp³-hybridized carbons (Fsp3) is 0. The summed E-state index contributed by atoms with van der Waals surface area (Å²) in [6.07, 6.45) is 0. The fourth-order valence-corrected chi connectivity index (χ4v) is 2.67. The molecule has 0 aliphatic heterocycles. The summed E-state index contributed by atoms with van der Waals surface area (Å²) in [6.45, 7) is 0. The standard InChI is InChI=1S/C16H10.3Na/c1-3-11-7-9-13-5-2-6-14-10-8-12(4-1)15(11)16(13)14;;;/h1-10H;;;. The van der Waals surface area contributed by atoms with Gasteiger partial charge in [-0.15, -0.1) is 0 Å². The molecule has 0 unspecified atom stereocenters. The molecule has 0 aliphatic rings. The van der Waals surface area contributed by atoms with Gasteiger partial charge in [0.05, 0.1) is 0 Å². The molecule has 0 atom stereocenters. The molecule has 0 aromatic heterocycles. The third-order valence-electron chi connectivity index (χ3n) is 3.39. The minimum Gasteiger partial charge on any atom is -0.0610 e. The van der Waals surface area contributed by atoms with Crippen LogP contribution in [0.5, 0.6) is 0 Å². The molecule has 77 valence electrons. The Morgan fingerprint density at radius 2 is 0.632 bits per heavy atom. The van der Waals surface area contributed by atoms with Crippen LogP contribution in [0.3, 0.4) is 0 Å². The van der Waals surface area contributed by atoms with Crippen LogP contribution in [-0.4, -0.2) is 88.7 Å². The number of hydrogen-bond acceptors (Lipinski definition) is 0. The zero-order valence-corrected chi connectivity index (χ0v) is 17.8. The Balaban J connectivity index is 0.000000602. The van der Waals surface area contributed by atoms with Crippen molar-refractivity contribution in [2.24, 2.45) is 0 Å². The quantitative estimate of drug-likeness (QED) is 0.339. The summed E-state index contributed by atoms with van der Waals surface area (Å²) in [6, 6.07) is 21.9. The van der Waals surface area contributed by atoms with Gasteiger partial charge in [0.1, 0.15) is 0 Å². The van der Waals surface area contributed by atoms with E-state index < -0.39 is 0 Å². The van der Waals surface area contributed by atoms with E-state index in [-0.39, 0.29) is 88.7 Å². The molecule has 0 saturated heterocycles. The minimum absolute atomic E-state index is 0. The van der Waals surface area contributed by atoms with Gasteiger partial charge in [-0.2, -0.15) is 0 Å². The van der Waals surface area contributed by atoms with E-state index >= 15 is 0 Å². The van der Waals surface area contributed by atoms with Crippen LogP contribution in [0.25, 0.3) is 32.3 Å². The van der Waals surface area contributed by atoms with Gasteiger partial charge in [0, 0.05) is 88.7 Å². The molecule has 19 heavy (non-hydrogen) atoms. The molecule has 0 nitrogen and oxygen atoms in total. The molecule has 4 rings (SSSR count). The van der Waals surface area contributed by atoms with Crippen LogP contribution in [0.4, 0.5) is 0 Å². The Morgan fingerprint density at radius 3 is 0.895 bits per heavy atom. The van der Waals surface area contributed by atoms with Crippen LogP contribution in [0.2, 0.25) is 0 Å². The van der Waals surface area contributed by atoms with E-state index in [9.17, 15) is 0 Å². The smallest absolute Gasteiger partial charge is 0 e. The van der Waals surface area contributed by atoms with Crippen molar-refractivity contribution in [3.05, 3.63) is 60.7 Å². The summed E-state index contributed by atoms with van der Waals surface area (Å²) < 4.78 is 0. The van der Waals surface area contributed by atoms with Crippen LogP contribution in [-0.2, 0) is 0 Å². The Labute approximate surface area is 179 Å². The van der Waals surface area contributed by atoms with E-state index in [1.807, 2.05) is 0 Å². The molecular formula is C16H10Na3. The molecule has 3 radical (unpaired) electrons. The van der Waals surface area contributed by atoms with Crippen molar-refractivity contribution in [3.63, 3.8) is 0 Å². The van der Waals surface area contributed by atoms with Crippen molar-refractivity contribution in [2.45, 2.75) is 0 Å². The van der Waals surface area contributed by atoms with Crippen molar-refractivity contribution in [1.29, 1.82) is 0 Å². The van der Waals surface area contributed by atoms with E-state index in [4.69, 9.17) is 0 Å². The van der Waals surface area contributed by atoms with E-state index in [1.54, 1.807) is 0 Å². The van der Waals surface area contributed by atoms with E-state index in [0.29, 0.717) is 0 Å². The second kappa shape index (κ2) is 7.26. The molecule has 0 fully saturated rings. The summed E-state index contributed by atoms with van der Waals surface area (Å²) in [7, 11) is 0. The average Bonchev–Trinajstić information content (AvgIpc) is 2.36. The monoisotopic (exact) mass is 271 g/mol. The molecule has 4 aromatic rings. The fourth-order valence-electron chi connectivity index (χ4n) is 2.67. The molecule has 0 aliphatic carbocycles. The molecule has 0 bridgehead atoms. The first-order chi connectivity index (χ1) is 7.93. The number of benzene rings is 4. The molecular weight excluding hydrogens is 261 g/mol. The topological polar surface area (TPSA) is 0 Å². The number of rotatable bonds is 0. The Bertz CT molecular complexity index is 679. The summed E-state index contributed by atoms with van der Waals surface area (Å²) in [5, 5.41) is 8.14. The van der Waals surface area contributed by atoms with E-state index in [2.05, 4.69) is 60.7 Å². The van der Waals surface area contributed by atoms with Crippen molar-refractivity contribution in [1.82, 2.24) is 0 Å². The SMILES string of the molecule is [Na].[Na].[Na].c1cc2ccc3cccc4ccc(c1)c2c34. The van der Waals surface area contributed by atoms with E-state index in [0.717, 1.165) is 0 Å². The third kappa shape index (κ3) is 2.94. The van der Waals surface area contributed by atoms with Crippen molar-refractivity contribution < 1.29 is 0 Å². The van der Waals surface area contributed by atoms with Crippen molar-refractivity contribution >= 4 is 121 Å². The molecule has 0 saturated carbocycles. The van der Waals surface area contributed by atoms with Gasteiger partial charge >= 0.3 is 0 Å². The van der Waals surface area contributed by atoms with Crippen LogP contribution in [0, 0.1) is 0 Å². The summed E-state index contributed by atoms with van der Waals surface area (Å²) in [5.74, 6) is 0. The molecule has 0 N–H and O–H groups in total. The average molecular weight is 271 g/mol. The van der Waals surface area contributed by atoms with Crippen molar-refractivity contribution in [2.75, 3.05) is 0 Å². The van der Waals surface area contributed by atoms with E-state index in [1.165, 1.54) is 32.3 Å². The van der Waals surface area contributed by atoms with Crippen LogP contribution in [0.1, 0.15) is 0 Å². The Kier molecular flexibility index (Phi) is 6.87. The third-order valence-corrected chi connectivity index (χ3v) is 3.39. The van der Waals surface area contributed by atoms with Gasteiger partial charge in [-0.1, -0.05) is 60.7 Å². The predicted molar refractivity (Wildman–Crippen MR) is 87.4 cm³/mol. The van der Waals surface area contributed by atoms with Gasteiger partial charge in [-0.05, 0) is 32.3 Å². The molecule has 0 spiro atoms. The van der Waals surface area contributed by atoms with Gasteiger partial charge < -0.3 is 0 Å². The molecule has 3 heteroatoms. The van der Waals surface area contributed by atoms with Gasteiger partial charge in [0.15, 0.2) is 0 Å². The molecule has 4 aromatic carbocycles. The number of hydrogen-bond donors (Lipinski definition) is 0. The second-order valence-electron chi connectivity index (χ2n) is 4.29. The van der Waals surface area contributed by atoms with Gasteiger partial charge in [-0.25, -0.2) is 0 Å². The predicted octanol–water partition coefficient (Wildman–Crippen LogP) is 3.44. The first-order valence-electron chi connectivity index (χ1n) is 5.56. The molecule has 0 heterocycles. The summed E-state index contributed by atoms with van der Waals surface area (Å²) in [5.41, 5.74) is 0. The second-order valence-corrected chi connectivity index (χ2v) is 4.29. The summed E-state index contributed by atoms with van der Waals surface area (Å²) >= 11 is 0. The zero-order valence-electron chi connectivity index (χ0n) is 11.8. The maximum atomic E-state index is 2.21. The van der Waals surface area contributed by atoms with Gasteiger partial charge in [0.2, 0.25) is 0 Å². The normalized spacial score (nSPS) is 9.89. The zero-order chi connectivity index (χ0) is 10.5. The van der Waals surface area contributed by atoms with Crippen LogP contribution < -0.4 is 0 Å². The Hall–Kier alpha value is 0.920. The summed E-state index contributed by atoms with van der Waals surface area (Å²) in [4.78, 5) is 0. The first-order valence-corrected chi connectivity index (χ1v) is 5.56. The Morgan fingerprint density at radius 1 is 0.368 bits per heavy atom. The first kappa shape index (κ1) is 18.0.